The van der Waals surface area contributed by atoms with Gasteiger partial charge in [-0.2, -0.15) is 4.31 Å². The summed E-state index contributed by atoms with van der Waals surface area (Å²) in [5, 5.41) is 3.45. The summed E-state index contributed by atoms with van der Waals surface area (Å²) in [5.41, 5.74) is 3.21. The van der Waals surface area contributed by atoms with Gasteiger partial charge in [-0.25, -0.2) is 13.2 Å². The number of carbonyl (C=O) groups excluding carboxylic acids is 2. The number of rotatable bonds is 6. The predicted molar refractivity (Wildman–Crippen MR) is 131 cm³/mol. The Morgan fingerprint density at radius 2 is 1.80 bits per heavy atom. The number of aromatic nitrogens is 1. The molecule has 1 aromatic heterocycles. The highest BCUT2D eigenvalue weighted by molar-refractivity contribution is 7.89. The number of fused-ring (bicyclic) bond motifs is 1. The van der Waals surface area contributed by atoms with Gasteiger partial charge in [0.15, 0.2) is 6.61 Å². The molecule has 35 heavy (non-hydrogen) atoms. The lowest BCUT2D eigenvalue weighted by Gasteiger charge is -2.26. The van der Waals surface area contributed by atoms with Crippen molar-refractivity contribution in [2.75, 3.05) is 38.2 Å². The van der Waals surface area contributed by atoms with Gasteiger partial charge in [0.05, 0.1) is 34.9 Å². The number of nitrogens with one attached hydrogen (secondary N) is 1. The quantitative estimate of drug-likeness (QED) is 0.521. The molecule has 1 aliphatic rings. The minimum atomic E-state index is -3.73. The first kappa shape index (κ1) is 24.8. The maximum absolute atomic E-state index is 13.1. The van der Waals surface area contributed by atoms with Crippen LogP contribution >= 0.6 is 0 Å². The highest BCUT2D eigenvalue weighted by Gasteiger charge is 2.28. The molecular weight excluding hydrogens is 470 g/mol. The van der Waals surface area contributed by atoms with Gasteiger partial charge in [-0.05, 0) is 50.1 Å². The zero-order valence-electron chi connectivity index (χ0n) is 19.8. The maximum Gasteiger partial charge on any atom is 0.340 e. The van der Waals surface area contributed by atoms with Crippen molar-refractivity contribution in [2.45, 2.75) is 25.7 Å². The van der Waals surface area contributed by atoms with Gasteiger partial charge in [-0.3, -0.25) is 9.78 Å². The number of ether oxygens (including phenoxy) is 2. The summed E-state index contributed by atoms with van der Waals surface area (Å²) in [6.07, 6.45) is 0. The molecule has 3 aromatic rings. The number of nitrogens with zero attached hydrogens (tertiary/aromatic N) is 2. The lowest BCUT2D eigenvalue weighted by molar-refractivity contribution is -0.119. The molecule has 2 heterocycles. The van der Waals surface area contributed by atoms with E-state index in [0.717, 1.165) is 16.5 Å². The lowest BCUT2D eigenvalue weighted by Crippen LogP contribution is -2.40. The minimum Gasteiger partial charge on any atom is -0.452 e. The van der Waals surface area contributed by atoms with Crippen LogP contribution in [-0.2, 0) is 24.3 Å². The van der Waals surface area contributed by atoms with Crippen LogP contribution in [0.3, 0.4) is 0 Å². The fraction of sp³-hybridized carbons (Fsp3) is 0.320. The fourth-order valence-electron chi connectivity index (χ4n) is 4.11. The van der Waals surface area contributed by atoms with Crippen LogP contribution in [0, 0.1) is 20.8 Å². The first-order valence-electron chi connectivity index (χ1n) is 11.2. The molecule has 9 nitrogen and oxygen atoms in total. The third-order valence-corrected chi connectivity index (χ3v) is 7.97. The molecule has 1 fully saturated rings. The van der Waals surface area contributed by atoms with E-state index in [9.17, 15) is 18.0 Å². The van der Waals surface area contributed by atoms with Gasteiger partial charge < -0.3 is 14.8 Å². The normalized spacial score (nSPS) is 14.6. The monoisotopic (exact) mass is 497 g/mol. The summed E-state index contributed by atoms with van der Waals surface area (Å²) in [4.78, 5) is 29.8. The van der Waals surface area contributed by atoms with Gasteiger partial charge in [-0.1, -0.05) is 24.3 Å². The number of pyridine rings is 1. The van der Waals surface area contributed by atoms with Crippen molar-refractivity contribution >= 4 is 38.5 Å². The molecule has 1 aliphatic heterocycles. The van der Waals surface area contributed by atoms with Gasteiger partial charge in [0.2, 0.25) is 10.0 Å². The second-order valence-electron chi connectivity index (χ2n) is 8.34. The average molecular weight is 498 g/mol. The number of para-hydroxylation sites is 1. The highest BCUT2D eigenvalue weighted by atomic mass is 32.2. The molecule has 0 atom stereocenters. The fourth-order valence-corrected chi connectivity index (χ4v) is 5.77. The van der Waals surface area contributed by atoms with E-state index in [4.69, 9.17) is 9.47 Å². The molecule has 0 spiro atoms. The van der Waals surface area contributed by atoms with Crippen LogP contribution in [0.1, 0.15) is 27.2 Å². The number of hydrogen-bond donors (Lipinski definition) is 1. The molecular formula is C25H27N3O6S. The number of benzene rings is 2. The van der Waals surface area contributed by atoms with Crippen molar-refractivity contribution < 1.29 is 27.5 Å². The van der Waals surface area contributed by atoms with Gasteiger partial charge >= 0.3 is 5.97 Å². The number of anilines is 1. The van der Waals surface area contributed by atoms with Crippen LogP contribution in [0.5, 0.6) is 0 Å². The minimum absolute atomic E-state index is 0.114. The Hall–Kier alpha value is -3.34. The van der Waals surface area contributed by atoms with E-state index in [-0.39, 0.29) is 18.0 Å². The van der Waals surface area contributed by atoms with Crippen LogP contribution in [-0.4, -0.2) is 62.5 Å². The molecule has 4 rings (SSSR count). The third kappa shape index (κ3) is 5.19. The summed E-state index contributed by atoms with van der Waals surface area (Å²) in [6, 6.07) is 12.1. The number of sulfonamides is 1. The molecule has 1 saturated heterocycles. The Kier molecular flexibility index (Phi) is 7.15. The number of carbonyl (C=O) groups is 2. The van der Waals surface area contributed by atoms with Gasteiger partial charge in [0, 0.05) is 24.2 Å². The molecule has 184 valence electrons. The second-order valence-corrected chi connectivity index (χ2v) is 10.2. The Morgan fingerprint density at radius 1 is 1.09 bits per heavy atom. The standard InChI is InChI=1S/C25H27N3O6S/c1-16-8-9-19(14-22(16)35(31,32)28-10-12-33-13-11-28)27-23(29)15-34-25(30)24-17(2)20-6-4-5-7-21(20)26-18(24)3/h4-9,14H,10-13,15H2,1-3H3,(H,27,29). The zero-order valence-corrected chi connectivity index (χ0v) is 20.6. The first-order valence-corrected chi connectivity index (χ1v) is 12.6. The van der Waals surface area contributed by atoms with Crippen molar-refractivity contribution in [1.82, 2.24) is 9.29 Å². The van der Waals surface area contributed by atoms with Crippen molar-refractivity contribution in [3.63, 3.8) is 0 Å². The molecule has 0 bridgehead atoms. The molecule has 0 aliphatic carbocycles. The largest absolute Gasteiger partial charge is 0.452 e. The summed E-state index contributed by atoms with van der Waals surface area (Å²) in [7, 11) is -3.73. The van der Waals surface area contributed by atoms with E-state index in [1.165, 1.54) is 10.4 Å². The lowest BCUT2D eigenvalue weighted by atomic mass is 10.0. The first-order chi connectivity index (χ1) is 16.7. The van der Waals surface area contributed by atoms with Gasteiger partial charge in [-0.15, -0.1) is 0 Å². The van der Waals surface area contributed by atoms with E-state index in [1.54, 1.807) is 26.0 Å². The molecule has 0 unspecified atom stereocenters. The second kappa shape index (κ2) is 10.1. The summed E-state index contributed by atoms with van der Waals surface area (Å²) in [5.74, 6) is -1.23. The van der Waals surface area contributed by atoms with Crippen LogP contribution < -0.4 is 5.32 Å². The smallest absolute Gasteiger partial charge is 0.340 e. The maximum atomic E-state index is 13.1. The number of aryl methyl sites for hydroxylation is 3. The molecule has 1 amide bonds. The van der Waals surface area contributed by atoms with E-state index in [1.807, 2.05) is 31.2 Å². The number of esters is 1. The van der Waals surface area contributed by atoms with Gasteiger partial charge in [0.25, 0.3) is 5.91 Å². The zero-order chi connectivity index (χ0) is 25.2. The average Bonchev–Trinajstić information content (AvgIpc) is 2.84. The topological polar surface area (TPSA) is 115 Å². The molecule has 2 aromatic carbocycles. The Morgan fingerprint density at radius 3 is 2.54 bits per heavy atom. The van der Waals surface area contributed by atoms with Crippen molar-refractivity contribution in [2.24, 2.45) is 0 Å². The molecule has 0 saturated carbocycles. The van der Waals surface area contributed by atoms with Crippen LogP contribution in [0.4, 0.5) is 5.69 Å². The van der Waals surface area contributed by atoms with E-state index < -0.39 is 28.5 Å². The van der Waals surface area contributed by atoms with E-state index in [2.05, 4.69) is 10.3 Å². The van der Waals surface area contributed by atoms with Crippen molar-refractivity contribution in [3.8, 4) is 0 Å². The SMILES string of the molecule is Cc1ccc(NC(=O)COC(=O)c2c(C)nc3ccccc3c2C)cc1S(=O)(=O)N1CCOCC1. The van der Waals surface area contributed by atoms with Crippen molar-refractivity contribution in [3.05, 3.63) is 64.8 Å². The predicted octanol–water partition coefficient (Wildman–Crippen LogP) is 2.98. The number of morpholine rings is 1. The molecule has 0 radical (unpaired) electrons. The van der Waals surface area contributed by atoms with E-state index >= 15 is 0 Å². The van der Waals surface area contributed by atoms with E-state index in [0.29, 0.717) is 35.7 Å². The molecule has 10 heteroatoms. The molecule has 1 N–H and O–H groups in total. The van der Waals surface area contributed by atoms with Crippen LogP contribution in [0.2, 0.25) is 0 Å². The third-order valence-electron chi connectivity index (χ3n) is 5.93. The summed E-state index contributed by atoms with van der Waals surface area (Å²) < 4.78 is 38.0. The Labute approximate surface area is 204 Å². The summed E-state index contributed by atoms with van der Waals surface area (Å²) in [6.45, 7) is 5.94. The number of hydrogen-bond acceptors (Lipinski definition) is 7. The Balaban J connectivity index is 1.45. The van der Waals surface area contributed by atoms with Crippen LogP contribution in [0.25, 0.3) is 10.9 Å². The van der Waals surface area contributed by atoms with Crippen molar-refractivity contribution in [1.29, 1.82) is 0 Å². The number of amides is 1. The highest BCUT2D eigenvalue weighted by Crippen LogP contribution is 2.25. The van der Waals surface area contributed by atoms with Crippen LogP contribution in [0.15, 0.2) is 47.4 Å². The van der Waals surface area contributed by atoms with Gasteiger partial charge in [0.1, 0.15) is 0 Å². The summed E-state index contributed by atoms with van der Waals surface area (Å²) >= 11 is 0. The Bertz CT molecular complexity index is 1400.